The molecule has 2 heterocycles. The first-order valence-corrected chi connectivity index (χ1v) is 5.26. The summed E-state index contributed by atoms with van der Waals surface area (Å²) in [7, 11) is 0. The van der Waals surface area contributed by atoms with Crippen LogP contribution in [0.3, 0.4) is 0 Å². The number of nitrogens with zero attached hydrogens (tertiary/aromatic N) is 2. The second-order valence-electron chi connectivity index (χ2n) is 3.75. The number of aromatic amines is 1. The van der Waals surface area contributed by atoms with Gasteiger partial charge in [0.1, 0.15) is 5.69 Å². The molecule has 0 aliphatic carbocycles. The van der Waals surface area contributed by atoms with Gasteiger partial charge in [0.2, 0.25) is 0 Å². The first kappa shape index (κ1) is 12.2. The van der Waals surface area contributed by atoms with Crippen molar-refractivity contribution in [1.29, 1.82) is 0 Å². The van der Waals surface area contributed by atoms with Gasteiger partial charge < -0.3 is 19.7 Å². The highest BCUT2D eigenvalue weighted by Gasteiger charge is 2.29. The number of carboxylic acid groups (broad SMARTS) is 1. The fourth-order valence-electron chi connectivity index (χ4n) is 1.60. The van der Waals surface area contributed by atoms with E-state index in [1.165, 1.54) is 11.1 Å². The largest absolute Gasteiger partial charge is 0.479 e. The summed E-state index contributed by atoms with van der Waals surface area (Å²) in [6.07, 6.45) is 1.18. The monoisotopic (exact) mass is 253 g/mol. The van der Waals surface area contributed by atoms with Crippen molar-refractivity contribution in [3.8, 4) is 0 Å². The molecule has 0 saturated carbocycles. The molecule has 0 spiro atoms. The number of rotatable bonds is 2. The van der Waals surface area contributed by atoms with Gasteiger partial charge in [-0.15, -0.1) is 0 Å². The van der Waals surface area contributed by atoms with Crippen molar-refractivity contribution in [2.24, 2.45) is 0 Å². The van der Waals surface area contributed by atoms with Crippen LogP contribution in [0.4, 0.5) is 0 Å². The van der Waals surface area contributed by atoms with E-state index in [0.29, 0.717) is 6.54 Å². The number of hydrogen-bond donors (Lipinski definition) is 2. The Balaban J connectivity index is 2.11. The summed E-state index contributed by atoms with van der Waals surface area (Å²) in [6, 6.07) is 0. The van der Waals surface area contributed by atoms with Crippen LogP contribution in [0.5, 0.6) is 0 Å². The van der Waals surface area contributed by atoms with Crippen LogP contribution in [0, 0.1) is 0 Å². The quantitative estimate of drug-likeness (QED) is 0.677. The van der Waals surface area contributed by atoms with Gasteiger partial charge in [-0.2, -0.15) is 0 Å². The molecule has 96 valence electrons. The molecule has 2 rings (SSSR count). The Bertz CT molecular complexity index is 506. The number of carbonyl (C=O) groups excluding carboxylic acids is 1. The van der Waals surface area contributed by atoms with E-state index in [9.17, 15) is 14.4 Å². The van der Waals surface area contributed by atoms with Crippen molar-refractivity contribution < 1.29 is 19.4 Å². The lowest BCUT2D eigenvalue weighted by molar-refractivity contribution is -0.154. The molecule has 1 atom stereocenters. The molecule has 1 aromatic rings. The predicted octanol–water partition coefficient (Wildman–Crippen LogP) is -1.30. The average Bonchev–Trinajstić information content (AvgIpc) is 2.39. The summed E-state index contributed by atoms with van der Waals surface area (Å²) in [5.74, 6) is -1.54. The summed E-state index contributed by atoms with van der Waals surface area (Å²) in [5.41, 5.74) is -0.336. The van der Waals surface area contributed by atoms with Gasteiger partial charge in [-0.05, 0) is 0 Å². The summed E-state index contributed by atoms with van der Waals surface area (Å²) >= 11 is 0. The van der Waals surface area contributed by atoms with Crippen molar-refractivity contribution >= 4 is 11.9 Å². The van der Waals surface area contributed by atoms with E-state index < -0.39 is 23.5 Å². The molecule has 0 aromatic carbocycles. The van der Waals surface area contributed by atoms with Crippen molar-refractivity contribution in [3.05, 3.63) is 28.4 Å². The molecular formula is C10H11N3O5. The second kappa shape index (κ2) is 4.96. The number of nitrogens with one attached hydrogen (secondary N) is 1. The molecule has 1 aromatic heterocycles. The van der Waals surface area contributed by atoms with Gasteiger partial charge in [0.25, 0.3) is 11.5 Å². The minimum Gasteiger partial charge on any atom is -0.479 e. The highest BCUT2D eigenvalue weighted by atomic mass is 16.5. The van der Waals surface area contributed by atoms with Gasteiger partial charge in [0.15, 0.2) is 6.10 Å². The molecule has 1 aliphatic heterocycles. The average molecular weight is 253 g/mol. The van der Waals surface area contributed by atoms with E-state index in [1.807, 2.05) is 0 Å². The van der Waals surface area contributed by atoms with Crippen molar-refractivity contribution in [2.45, 2.75) is 6.10 Å². The molecule has 18 heavy (non-hydrogen) atoms. The number of hydrogen-bond acceptors (Lipinski definition) is 5. The van der Waals surface area contributed by atoms with Crippen LogP contribution in [0.25, 0.3) is 0 Å². The lowest BCUT2D eigenvalue weighted by Gasteiger charge is -2.30. The standard InChI is InChI=1S/C10H11N3O5/c14-8-4-11-6(3-12-8)9(15)13-1-2-18-7(5-13)10(16)17/h3-4,7H,1-2,5H2,(H,12,14)(H,16,17). The Morgan fingerprint density at radius 1 is 1.56 bits per heavy atom. The van der Waals surface area contributed by atoms with E-state index in [2.05, 4.69) is 9.97 Å². The number of aromatic nitrogens is 2. The molecule has 1 fully saturated rings. The smallest absolute Gasteiger partial charge is 0.334 e. The Hall–Kier alpha value is -2.22. The molecule has 1 unspecified atom stereocenters. The highest BCUT2D eigenvalue weighted by molar-refractivity contribution is 5.92. The van der Waals surface area contributed by atoms with Crippen LogP contribution in [-0.4, -0.2) is 57.7 Å². The van der Waals surface area contributed by atoms with E-state index in [4.69, 9.17) is 9.84 Å². The van der Waals surface area contributed by atoms with E-state index in [-0.39, 0.29) is 18.8 Å². The Kier molecular flexibility index (Phi) is 3.38. The number of morpholine rings is 1. The SMILES string of the molecule is O=C(O)C1CN(C(=O)c2c[nH]c(=O)cn2)CCO1. The zero-order chi connectivity index (χ0) is 13.1. The number of carboxylic acids is 1. The topological polar surface area (TPSA) is 113 Å². The van der Waals surface area contributed by atoms with Crippen LogP contribution in [0.2, 0.25) is 0 Å². The number of amides is 1. The fourth-order valence-corrected chi connectivity index (χ4v) is 1.60. The van der Waals surface area contributed by atoms with Crippen LogP contribution < -0.4 is 5.56 Å². The minimum atomic E-state index is -1.11. The van der Waals surface area contributed by atoms with Crippen molar-refractivity contribution in [3.63, 3.8) is 0 Å². The Morgan fingerprint density at radius 3 is 2.94 bits per heavy atom. The van der Waals surface area contributed by atoms with Gasteiger partial charge in [0.05, 0.1) is 19.3 Å². The summed E-state index contributed by atoms with van der Waals surface area (Å²) in [4.78, 5) is 40.9. The maximum absolute atomic E-state index is 12.0. The summed E-state index contributed by atoms with van der Waals surface area (Å²) < 4.78 is 5.00. The van der Waals surface area contributed by atoms with Gasteiger partial charge in [-0.25, -0.2) is 9.78 Å². The number of H-pyrrole nitrogens is 1. The van der Waals surface area contributed by atoms with Crippen molar-refractivity contribution in [1.82, 2.24) is 14.9 Å². The molecule has 2 N–H and O–H groups in total. The van der Waals surface area contributed by atoms with Crippen molar-refractivity contribution in [2.75, 3.05) is 19.7 Å². The third-order valence-corrected chi connectivity index (χ3v) is 2.52. The fraction of sp³-hybridized carbons (Fsp3) is 0.400. The molecule has 8 nitrogen and oxygen atoms in total. The third-order valence-electron chi connectivity index (χ3n) is 2.52. The molecule has 0 radical (unpaired) electrons. The van der Waals surface area contributed by atoms with Crippen LogP contribution in [0.15, 0.2) is 17.2 Å². The van der Waals surface area contributed by atoms with Gasteiger partial charge in [-0.3, -0.25) is 9.59 Å². The molecule has 8 heteroatoms. The molecule has 0 bridgehead atoms. The van der Waals surface area contributed by atoms with E-state index in [0.717, 1.165) is 6.20 Å². The second-order valence-corrected chi connectivity index (χ2v) is 3.75. The number of ether oxygens (including phenoxy) is 1. The van der Waals surface area contributed by atoms with Gasteiger partial charge in [-0.1, -0.05) is 0 Å². The third kappa shape index (κ3) is 2.54. The Labute approximate surface area is 101 Å². The zero-order valence-electron chi connectivity index (χ0n) is 9.33. The summed E-state index contributed by atoms with van der Waals surface area (Å²) in [5, 5.41) is 8.82. The van der Waals surface area contributed by atoms with Gasteiger partial charge in [0, 0.05) is 12.7 Å². The first-order chi connectivity index (χ1) is 8.58. The lowest BCUT2D eigenvalue weighted by Crippen LogP contribution is -2.48. The highest BCUT2D eigenvalue weighted by Crippen LogP contribution is 2.08. The molecular weight excluding hydrogens is 242 g/mol. The molecule has 1 saturated heterocycles. The van der Waals surface area contributed by atoms with Crippen LogP contribution in [-0.2, 0) is 9.53 Å². The number of carbonyl (C=O) groups is 2. The number of aliphatic carboxylic acids is 1. The van der Waals surface area contributed by atoms with Gasteiger partial charge >= 0.3 is 5.97 Å². The van der Waals surface area contributed by atoms with E-state index >= 15 is 0 Å². The maximum atomic E-state index is 12.0. The van der Waals surface area contributed by atoms with Crippen LogP contribution in [0.1, 0.15) is 10.5 Å². The maximum Gasteiger partial charge on any atom is 0.334 e. The summed E-state index contributed by atoms with van der Waals surface area (Å²) in [6.45, 7) is 0.421. The van der Waals surface area contributed by atoms with E-state index in [1.54, 1.807) is 0 Å². The predicted molar refractivity (Wildman–Crippen MR) is 58.1 cm³/mol. The molecule has 1 aliphatic rings. The normalized spacial score (nSPS) is 19.6. The van der Waals surface area contributed by atoms with Crippen LogP contribution >= 0.6 is 0 Å². The first-order valence-electron chi connectivity index (χ1n) is 5.26. The lowest BCUT2D eigenvalue weighted by atomic mass is 10.2. The zero-order valence-corrected chi connectivity index (χ0v) is 9.33. The minimum absolute atomic E-state index is 0.0328. The Morgan fingerprint density at radius 2 is 2.33 bits per heavy atom. The molecule has 1 amide bonds.